The van der Waals surface area contributed by atoms with Gasteiger partial charge in [0.2, 0.25) is 0 Å². The number of halogens is 3. The zero-order chi connectivity index (χ0) is 94.2. The average molecular weight is 2580 g/mol. The summed E-state index contributed by atoms with van der Waals surface area (Å²) in [5, 5.41) is 71.2. The van der Waals surface area contributed by atoms with Crippen LogP contribution in [-0.2, 0) is 112 Å². The fourth-order valence-corrected chi connectivity index (χ4v) is 22.3. The van der Waals surface area contributed by atoms with Gasteiger partial charge in [-0.25, -0.2) is 0 Å². The van der Waals surface area contributed by atoms with Crippen LogP contribution in [0.15, 0.2) is 244 Å². The van der Waals surface area contributed by atoms with Gasteiger partial charge < -0.3 is 81.6 Å². The molecule has 26 rings (SSSR count). The van der Waals surface area contributed by atoms with Gasteiger partial charge in [-0.05, 0) is 241 Å². The molecule has 4 fully saturated rings. The van der Waals surface area contributed by atoms with Crippen molar-refractivity contribution in [2.45, 2.75) is 207 Å². The predicted molar refractivity (Wildman–Crippen MR) is 513 cm³/mol. The minimum absolute atomic E-state index is 0. The summed E-state index contributed by atoms with van der Waals surface area (Å²) in [5.74, 6) is 2.28. The number of aromatic nitrogens is 24. The smallest absolute Gasteiger partial charge is 0.574 e. The molecule has 718 valence electrons. The third-order valence-electron chi connectivity index (χ3n) is 31.5. The van der Waals surface area contributed by atoms with E-state index in [1.807, 2.05) is 167 Å². The number of aryl methyl sites for hydroxylation is 3. The maximum absolute atomic E-state index is 12.2. The topological polar surface area (TPSA) is 319 Å². The molecule has 0 N–H and O–H groups in total. The molecule has 8 aliphatic rings. The normalized spacial score (nSPS) is 21.3. The average Bonchev–Trinajstić information content (AvgIpc) is 1.54. The molecule has 24 nitrogen and oxygen atoms in total. The third kappa shape index (κ3) is 18.4. The molecule has 139 heavy (non-hydrogen) atoms. The molecule has 8 unspecified atom stereocenters. The standard InChI is InChI=1S/2C20H20N3.2C16H18N3.C9H5F3N3.3C9H8N3.4Pt/c2*1-19(2)14-8-9-20(19,3)18-16(14)17(22-23-18)15-10-12-6-4-5-7-13(12)11-21-15;2*1-15(2)10-7-8-16(15,3)14-12(10)13(18-19-14)11-6-4-5-9-17-11;10-9(11,12)8-5-7(14-15-8)6-3-1-2-4-13-6;3*1-7-6-9(12-11-7)8-4-2-3-5-10-8;;;;/h2*4-7,10-11,14H,8-9H2,1-3H3;2*4-6,9-10H,7-8H2,1-3H3;1-5H;3*2-6H,1H3;;;;/q8*-1;4*+2. The van der Waals surface area contributed by atoms with Crippen molar-refractivity contribution in [1.82, 2.24) is 121 Å². The van der Waals surface area contributed by atoms with Gasteiger partial charge in [0.25, 0.3) is 0 Å². The number of hydrogen-bond donors (Lipinski definition) is 0. The third-order valence-corrected chi connectivity index (χ3v) is 31.5. The molecule has 8 bridgehead atoms. The SMILES string of the molecule is CC12CCC(c3c1n[n-]c3-c1cc3ccccc3cn1)C2(C)C.CC12CCC(c3c1n[n-]c3-c1cc3ccccc3cn1)C2(C)C.CC12CCC(c3c1n[n-]c3-c1ccccn1)C2(C)C.CC12CCC(c3c1n[n-]c3-c1ccccn1)C2(C)C.Cc1cc(-c2ccccn2)[n-]n1.Cc1cc(-c2ccccn2)[n-]n1.Cc1cc(-c2ccccn2)[n-]n1.FC(F)(F)c1cc(-c2ccccn2)[n-]n1.[Pt+2].[Pt+2].[Pt+2].[Pt+2]. The van der Waals surface area contributed by atoms with E-state index in [1.54, 1.807) is 36.8 Å². The number of rotatable bonds is 8. The molecule has 8 atom stereocenters. The van der Waals surface area contributed by atoms with Gasteiger partial charge in [-0.1, -0.05) is 232 Å². The van der Waals surface area contributed by atoms with Gasteiger partial charge in [0.1, 0.15) is 5.69 Å². The summed E-state index contributed by atoms with van der Waals surface area (Å²) in [6.07, 6.45) is 19.7. The first-order chi connectivity index (χ1) is 64.8. The molecule has 16 heterocycles. The van der Waals surface area contributed by atoms with Crippen molar-refractivity contribution in [3.05, 3.63) is 312 Å². The van der Waals surface area contributed by atoms with Gasteiger partial charge in [-0.15, -0.1) is 0 Å². The van der Waals surface area contributed by atoms with E-state index in [4.69, 9.17) is 0 Å². The van der Waals surface area contributed by atoms with Gasteiger partial charge in [-0.2, -0.15) is 13.2 Å². The summed E-state index contributed by atoms with van der Waals surface area (Å²) in [4.78, 5) is 34.6. The monoisotopic (exact) mass is 2570 g/mol. The Kier molecular flexibility index (Phi) is 29.4. The molecule has 0 radical (unpaired) electrons. The van der Waals surface area contributed by atoms with Crippen LogP contribution in [0.25, 0.3) is 113 Å². The van der Waals surface area contributed by atoms with Crippen molar-refractivity contribution in [3.63, 3.8) is 0 Å². The minimum Gasteiger partial charge on any atom is -0.574 e. The van der Waals surface area contributed by atoms with Gasteiger partial charge in [0, 0.05) is 156 Å². The van der Waals surface area contributed by atoms with E-state index in [0.29, 0.717) is 29.4 Å². The summed E-state index contributed by atoms with van der Waals surface area (Å²) in [6, 6.07) is 61.8. The summed E-state index contributed by atoms with van der Waals surface area (Å²) in [7, 11) is 0. The Labute approximate surface area is 864 Å². The number of fused-ring (bicyclic) bond motifs is 22. The summed E-state index contributed by atoms with van der Waals surface area (Å²) in [6.45, 7) is 34.3. The Morgan fingerprint density at radius 2 is 0.496 bits per heavy atom. The molecular formula is C108H105F3N24Pt4. The van der Waals surface area contributed by atoms with E-state index < -0.39 is 11.9 Å². The predicted octanol–water partition coefficient (Wildman–Crippen LogP) is 21.7. The second kappa shape index (κ2) is 40.2. The Morgan fingerprint density at radius 1 is 0.259 bits per heavy atom. The molecule has 0 spiro atoms. The Morgan fingerprint density at radius 3 is 0.734 bits per heavy atom. The van der Waals surface area contributed by atoms with Crippen molar-refractivity contribution in [2.75, 3.05) is 0 Å². The number of nitrogens with zero attached hydrogens (tertiary/aromatic N) is 24. The van der Waals surface area contributed by atoms with Crippen LogP contribution in [0.4, 0.5) is 13.2 Å². The first-order valence-corrected chi connectivity index (χ1v) is 46.1. The van der Waals surface area contributed by atoms with Crippen LogP contribution in [0.2, 0.25) is 0 Å². The minimum atomic E-state index is -4.46. The van der Waals surface area contributed by atoms with E-state index >= 15 is 0 Å². The quantitative estimate of drug-likeness (QED) is 0.136. The van der Waals surface area contributed by atoms with Crippen LogP contribution in [0.1, 0.15) is 226 Å². The summed E-state index contributed by atoms with van der Waals surface area (Å²) < 4.78 is 36.6. The van der Waals surface area contributed by atoms with E-state index in [9.17, 15) is 13.2 Å². The van der Waals surface area contributed by atoms with Crippen molar-refractivity contribution in [2.24, 2.45) is 21.7 Å². The first-order valence-electron chi connectivity index (χ1n) is 46.1. The van der Waals surface area contributed by atoms with E-state index in [1.165, 1.54) is 124 Å². The van der Waals surface area contributed by atoms with E-state index in [2.05, 4.69) is 253 Å². The van der Waals surface area contributed by atoms with Crippen LogP contribution in [0.5, 0.6) is 0 Å². The molecule has 31 heteroatoms. The Balaban J connectivity index is 0.000000121. The summed E-state index contributed by atoms with van der Waals surface area (Å²) in [5.41, 5.74) is 27.5. The zero-order valence-corrected chi connectivity index (χ0v) is 88.8. The Hall–Kier alpha value is -11.6. The van der Waals surface area contributed by atoms with E-state index in [-0.39, 0.29) is 133 Å². The van der Waals surface area contributed by atoms with Gasteiger partial charge in [0.15, 0.2) is 0 Å². The van der Waals surface area contributed by atoms with Crippen LogP contribution in [-0.4, -0.2) is 80.7 Å². The van der Waals surface area contributed by atoms with Crippen molar-refractivity contribution < 1.29 is 97.4 Å². The van der Waals surface area contributed by atoms with Gasteiger partial charge in [0.05, 0.1) is 11.4 Å². The van der Waals surface area contributed by atoms with Crippen molar-refractivity contribution >= 4 is 21.5 Å². The number of benzene rings is 2. The fraction of sp³-hybridized carbons (Fsp3) is 0.333. The molecule has 18 aromatic rings. The molecule has 16 aromatic heterocycles. The number of hydrogen-bond acceptors (Lipinski definition) is 16. The first kappa shape index (κ1) is 102. The molecule has 0 amide bonds. The summed E-state index contributed by atoms with van der Waals surface area (Å²) >= 11 is 0. The fourth-order valence-electron chi connectivity index (χ4n) is 22.3. The van der Waals surface area contributed by atoms with Crippen LogP contribution in [0, 0.1) is 42.4 Å². The molecule has 0 saturated heterocycles. The Bertz CT molecular complexity index is 6800. The van der Waals surface area contributed by atoms with Gasteiger partial charge >= 0.3 is 90.4 Å². The number of pyridine rings is 8. The van der Waals surface area contributed by atoms with Crippen LogP contribution >= 0.6 is 0 Å². The number of alkyl halides is 3. The van der Waals surface area contributed by atoms with Crippen LogP contribution in [0.3, 0.4) is 0 Å². The van der Waals surface area contributed by atoms with E-state index in [0.717, 1.165) is 103 Å². The second-order valence-corrected chi connectivity index (χ2v) is 39.7. The molecular weight excluding hydrogens is 2470 g/mol. The van der Waals surface area contributed by atoms with Crippen molar-refractivity contribution in [3.8, 4) is 91.1 Å². The van der Waals surface area contributed by atoms with Gasteiger partial charge in [-0.3, -0.25) is 39.9 Å². The molecule has 4 saturated carbocycles. The molecule has 0 aliphatic heterocycles. The molecule has 2 aromatic carbocycles. The maximum atomic E-state index is 12.2. The zero-order valence-electron chi connectivity index (χ0n) is 79.7. The molecule has 8 aliphatic carbocycles. The van der Waals surface area contributed by atoms with Crippen LogP contribution < -0.4 is 40.8 Å². The second-order valence-electron chi connectivity index (χ2n) is 39.7. The van der Waals surface area contributed by atoms with Crippen molar-refractivity contribution in [1.29, 1.82) is 0 Å². The maximum Gasteiger partial charge on any atom is 2.00 e. The largest absolute Gasteiger partial charge is 2.00 e.